The van der Waals surface area contributed by atoms with Gasteiger partial charge in [0.05, 0.1) is 25.4 Å². The van der Waals surface area contributed by atoms with Gasteiger partial charge in [0, 0.05) is 12.8 Å². The van der Waals surface area contributed by atoms with Crippen LogP contribution in [0.25, 0.3) is 0 Å². The molecule has 428 valence electrons. The molecule has 0 rings (SSSR count). The predicted molar refractivity (Wildman–Crippen MR) is 315 cm³/mol. The molecule has 0 radical (unpaired) electrons. The van der Waals surface area contributed by atoms with Gasteiger partial charge in [-0.2, -0.15) is 0 Å². The van der Waals surface area contributed by atoms with E-state index in [0.29, 0.717) is 19.4 Å². The Morgan fingerprint density at radius 2 is 0.639 bits per heavy atom. The first kappa shape index (κ1) is 70.6. The minimum atomic E-state index is -0.839. The standard InChI is InChI=1S/C66H129NO5/c1-3-5-7-9-11-13-15-35-40-44-48-52-56-60-66(71)72-61-57-53-49-45-41-37-34-32-30-28-26-24-22-20-18-17-19-21-23-25-27-29-31-33-36-39-43-47-51-55-59-65(70)67-63(62-68)64(69)58-54-50-46-42-38-16-14-12-10-8-6-4-2/h54,58,63-64,68-69H,3-53,55-57,59-62H2,1-2H3,(H,67,70)/b58-54+. The van der Waals surface area contributed by atoms with Crippen molar-refractivity contribution in [2.75, 3.05) is 13.2 Å². The van der Waals surface area contributed by atoms with Crippen molar-refractivity contribution in [3.05, 3.63) is 12.2 Å². The van der Waals surface area contributed by atoms with Crippen molar-refractivity contribution in [3.8, 4) is 0 Å². The van der Waals surface area contributed by atoms with Crippen molar-refractivity contribution in [1.29, 1.82) is 0 Å². The minimum absolute atomic E-state index is 0.0219. The Morgan fingerprint density at radius 3 is 0.944 bits per heavy atom. The summed E-state index contributed by atoms with van der Waals surface area (Å²) in [5, 5.41) is 23.1. The first-order valence-electron chi connectivity index (χ1n) is 33.0. The smallest absolute Gasteiger partial charge is 0.305 e. The number of hydrogen-bond donors (Lipinski definition) is 3. The van der Waals surface area contributed by atoms with Gasteiger partial charge in [0.2, 0.25) is 5.91 Å². The Labute approximate surface area is 450 Å². The maximum absolute atomic E-state index is 12.4. The number of unbranched alkanes of at least 4 members (excludes halogenated alkanes) is 51. The molecule has 0 fully saturated rings. The fourth-order valence-electron chi connectivity index (χ4n) is 10.5. The van der Waals surface area contributed by atoms with Gasteiger partial charge < -0.3 is 20.3 Å². The zero-order chi connectivity index (χ0) is 52.2. The molecule has 0 saturated carbocycles. The molecule has 0 aromatic heterocycles. The fraction of sp³-hybridized carbons (Fsp3) is 0.939. The lowest BCUT2D eigenvalue weighted by Gasteiger charge is -2.20. The van der Waals surface area contributed by atoms with Gasteiger partial charge in [0.25, 0.3) is 0 Å². The summed E-state index contributed by atoms with van der Waals surface area (Å²) in [6.07, 6.45) is 75.7. The Morgan fingerprint density at radius 1 is 0.375 bits per heavy atom. The van der Waals surface area contributed by atoms with Crippen LogP contribution in [0, 0.1) is 0 Å². The number of carbonyl (C=O) groups excluding carboxylic acids is 2. The van der Waals surface area contributed by atoms with E-state index in [4.69, 9.17) is 4.74 Å². The van der Waals surface area contributed by atoms with Crippen LogP contribution in [-0.2, 0) is 14.3 Å². The van der Waals surface area contributed by atoms with Crippen molar-refractivity contribution in [2.24, 2.45) is 0 Å². The molecule has 6 nitrogen and oxygen atoms in total. The fourth-order valence-corrected chi connectivity index (χ4v) is 10.5. The number of carbonyl (C=O) groups is 2. The quantitative estimate of drug-likeness (QED) is 0.0320. The molecule has 0 spiro atoms. The summed E-state index contributed by atoms with van der Waals surface area (Å²) in [6, 6.07) is -0.623. The third kappa shape index (κ3) is 57.9. The molecule has 0 aliphatic heterocycles. The summed E-state index contributed by atoms with van der Waals surface area (Å²) in [5.74, 6) is -0.0410. The summed E-state index contributed by atoms with van der Waals surface area (Å²) < 4.78 is 5.49. The summed E-state index contributed by atoms with van der Waals surface area (Å²) in [6.45, 7) is 4.93. The molecular formula is C66H129NO5. The highest BCUT2D eigenvalue weighted by molar-refractivity contribution is 5.76. The molecule has 0 aliphatic rings. The van der Waals surface area contributed by atoms with Gasteiger partial charge in [-0.3, -0.25) is 9.59 Å². The lowest BCUT2D eigenvalue weighted by molar-refractivity contribution is -0.143. The first-order chi connectivity index (χ1) is 35.5. The molecule has 0 heterocycles. The van der Waals surface area contributed by atoms with Gasteiger partial charge in [-0.25, -0.2) is 0 Å². The van der Waals surface area contributed by atoms with E-state index in [1.165, 1.54) is 308 Å². The second-order valence-corrected chi connectivity index (χ2v) is 22.8. The molecule has 72 heavy (non-hydrogen) atoms. The second kappa shape index (κ2) is 62.1. The van der Waals surface area contributed by atoms with Crippen molar-refractivity contribution in [3.63, 3.8) is 0 Å². The van der Waals surface area contributed by atoms with E-state index in [2.05, 4.69) is 19.2 Å². The lowest BCUT2D eigenvalue weighted by Crippen LogP contribution is -2.45. The number of aliphatic hydroxyl groups is 2. The van der Waals surface area contributed by atoms with Gasteiger partial charge in [-0.1, -0.05) is 341 Å². The van der Waals surface area contributed by atoms with E-state index in [1.54, 1.807) is 6.08 Å². The minimum Gasteiger partial charge on any atom is -0.466 e. The second-order valence-electron chi connectivity index (χ2n) is 22.8. The summed E-state index contributed by atoms with van der Waals surface area (Å²) >= 11 is 0. The van der Waals surface area contributed by atoms with E-state index in [1.807, 2.05) is 6.08 Å². The monoisotopic (exact) mass is 1020 g/mol. The SMILES string of the molecule is CCCCCCCCCCCC/C=C/C(O)C(CO)NC(=O)CCCCCCCCCCCCCCCCCCCCCCCCCCCCCCCCOC(=O)CCCCCCCCCCCCCCC. The highest BCUT2D eigenvalue weighted by Crippen LogP contribution is 2.19. The summed E-state index contributed by atoms with van der Waals surface area (Å²) in [7, 11) is 0. The van der Waals surface area contributed by atoms with Crippen LogP contribution in [0.5, 0.6) is 0 Å². The van der Waals surface area contributed by atoms with E-state index >= 15 is 0 Å². The maximum Gasteiger partial charge on any atom is 0.305 e. The average molecular weight is 1020 g/mol. The Kier molecular flexibility index (Phi) is 60.9. The number of allylic oxidation sites excluding steroid dienone is 1. The van der Waals surface area contributed by atoms with Crippen LogP contribution >= 0.6 is 0 Å². The number of rotatable bonds is 62. The van der Waals surface area contributed by atoms with Crippen LogP contribution in [0.15, 0.2) is 12.2 Å². The molecular weight excluding hydrogens is 887 g/mol. The topological polar surface area (TPSA) is 95.9 Å². The highest BCUT2D eigenvalue weighted by atomic mass is 16.5. The number of nitrogens with one attached hydrogen (secondary N) is 1. The molecule has 2 atom stereocenters. The van der Waals surface area contributed by atoms with Gasteiger partial charge in [0.1, 0.15) is 0 Å². The molecule has 0 aromatic rings. The predicted octanol–water partition coefficient (Wildman–Crippen LogP) is 20.8. The summed E-state index contributed by atoms with van der Waals surface area (Å²) in [5.41, 5.74) is 0. The first-order valence-corrected chi connectivity index (χ1v) is 33.0. The van der Waals surface area contributed by atoms with E-state index in [9.17, 15) is 19.8 Å². The van der Waals surface area contributed by atoms with Gasteiger partial charge in [-0.15, -0.1) is 0 Å². The van der Waals surface area contributed by atoms with Crippen LogP contribution in [0.3, 0.4) is 0 Å². The van der Waals surface area contributed by atoms with Gasteiger partial charge in [-0.05, 0) is 32.1 Å². The molecule has 6 heteroatoms. The number of hydrogen-bond acceptors (Lipinski definition) is 5. The van der Waals surface area contributed by atoms with Crippen molar-refractivity contribution in [2.45, 2.75) is 386 Å². The third-order valence-corrected chi connectivity index (χ3v) is 15.6. The van der Waals surface area contributed by atoms with Gasteiger partial charge in [0.15, 0.2) is 0 Å². The van der Waals surface area contributed by atoms with Crippen LogP contribution in [0.4, 0.5) is 0 Å². The number of amides is 1. The zero-order valence-electron chi connectivity index (χ0n) is 48.9. The Hall–Kier alpha value is -1.40. The Bertz CT molecular complexity index is 1080. The lowest BCUT2D eigenvalue weighted by atomic mass is 10.0. The number of aliphatic hydroxyl groups excluding tert-OH is 2. The maximum atomic E-state index is 12.4. The normalized spacial score (nSPS) is 12.6. The van der Waals surface area contributed by atoms with Crippen LogP contribution in [-0.4, -0.2) is 47.4 Å². The zero-order valence-corrected chi connectivity index (χ0v) is 48.9. The van der Waals surface area contributed by atoms with Crippen molar-refractivity contribution < 1.29 is 24.5 Å². The number of ether oxygens (including phenoxy) is 1. The molecule has 0 bridgehead atoms. The molecule has 1 amide bonds. The Balaban J connectivity index is 3.32. The summed E-state index contributed by atoms with van der Waals surface area (Å²) in [4.78, 5) is 24.5. The van der Waals surface area contributed by atoms with Gasteiger partial charge >= 0.3 is 5.97 Å². The van der Waals surface area contributed by atoms with Crippen molar-refractivity contribution >= 4 is 11.9 Å². The molecule has 0 aromatic carbocycles. The van der Waals surface area contributed by atoms with E-state index in [0.717, 1.165) is 38.5 Å². The highest BCUT2D eigenvalue weighted by Gasteiger charge is 2.18. The molecule has 0 aliphatic carbocycles. The third-order valence-electron chi connectivity index (χ3n) is 15.6. The van der Waals surface area contributed by atoms with E-state index < -0.39 is 12.1 Å². The van der Waals surface area contributed by atoms with Crippen LogP contribution < -0.4 is 5.32 Å². The largest absolute Gasteiger partial charge is 0.466 e. The van der Waals surface area contributed by atoms with Crippen LogP contribution in [0.1, 0.15) is 373 Å². The molecule has 2 unspecified atom stereocenters. The molecule has 3 N–H and O–H groups in total. The van der Waals surface area contributed by atoms with E-state index in [-0.39, 0.29) is 18.5 Å². The molecule has 0 saturated heterocycles. The van der Waals surface area contributed by atoms with Crippen LogP contribution in [0.2, 0.25) is 0 Å². The van der Waals surface area contributed by atoms with Crippen molar-refractivity contribution in [1.82, 2.24) is 5.32 Å². The average Bonchev–Trinajstić information content (AvgIpc) is 3.38. The number of esters is 1.